The lowest BCUT2D eigenvalue weighted by Gasteiger charge is -2.13. The van der Waals surface area contributed by atoms with E-state index in [-0.39, 0.29) is 11.8 Å². The second-order valence-corrected chi connectivity index (χ2v) is 6.63. The lowest BCUT2D eigenvalue weighted by Crippen LogP contribution is -2.25. The Bertz CT molecular complexity index is 764. The van der Waals surface area contributed by atoms with Crippen LogP contribution < -0.4 is 16.0 Å². The van der Waals surface area contributed by atoms with Crippen LogP contribution >= 0.6 is 0 Å². The number of nitrogens with one attached hydrogen (secondary N) is 4. The molecule has 1 aliphatic rings. The third-order valence-corrected chi connectivity index (χ3v) is 4.04. The first-order chi connectivity index (χ1) is 12.0. The molecule has 0 atom stereocenters. The number of carbonyl (C=O) groups excluding carboxylic acids is 2. The predicted molar refractivity (Wildman–Crippen MR) is 96.5 cm³/mol. The van der Waals surface area contributed by atoms with Crippen LogP contribution in [0.25, 0.3) is 0 Å². The summed E-state index contributed by atoms with van der Waals surface area (Å²) in [5.41, 5.74) is 3.75. The lowest BCUT2D eigenvalue weighted by atomic mass is 10.1. The number of carbonyl (C=O) groups is 2. The van der Waals surface area contributed by atoms with Crippen LogP contribution in [0.15, 0.2) is 24.3 Å². The zero-order valence-electron chi connectivity index (χ0n) is 14.5. The number of benzene rings is 1. The van der Waals surface area contributed by atoms with Crippen LogP contribution in [-0.2, 0) is 17.8 Å². The van der Waals surface area contributed by atoms with Crippen molar-refractivity contribution in [3.8, 4) is 0 Å². The Morgan fingerprint density at radius 3 is 2.52 bits per heavy atom. The minimum atomic E-state index is -0.238. The van der Waals surface area contributed by atoms with Crippen molar-refractivity contribution in [3.05, 3.63) is 41.2 Å². The van der Waals surface area contributed by atoms with Gasteiger partial charge in [-0.2, -0.15) is 5.10 Å². The molecule has 4 N–H and O–H groups in total. The van der Waals surface area contributed by atoms with Crippen molar-refractivity contribution in [2.45, 2.75) is 33.2 Å². The Morgan fingerprint density at radius 1 is 1.16 bits per heavy atom. The molecule has 7 nitrogen and oxygen atoms in total. The third-order valence-electron chi connectivity index (χ3n) is 4.04. The molecule has 132 valence electrons. The van der Waals surface area contributed by atoms with Crippen LogP contribution in [0.1, 0.15) is 42.0 Å². The number of aromatic nitrogens is 2. The zero-order valence-corrected chi connectivity index (χ0v) is 14.5. The van der Waals surface area contributed by atoms with Crippen molar-refractivity contribution in [1.29, 1.82) is 0 Å². The second kappa shape index (κ2) is 7.48. The van der Waals surface area contributed by atoms with Crippen molar-refractivity contribution >= 4 is 23.2 Å². The molecular weight excluding hydrogens is 318 g/mol. The van der Waals surface area contributed by atoms with E-state index in [2.05, 4.69) is 26.1 Å². The Labute approximate surface area is 146 Å². The standard InChI is InChI=1S/C18H23N5O2/c1-11(2)9-16(24)20-12-3-5-13(6-4-12)21-18(25)17-14-10-19-8-7-15(14)22-23-17/h3-6,11,19H,7-10H2,1-2H3,(H,20,24)(H,21,25)(H,22,23). The Kier molecular flexibility index (Phi) is 5.14. The highest BCUT2D eigenvalue weighted by Crippen LogP contribution is 2.18. The number of rotatable bonds is 5. The molecule has 2 heterocycles. The fourth-order valence-electron chi connectivity index (χ4n) is 2.82. The van der Waals surface area contributed by atoms with Crippen molar-refractivity contribution in [3.63, 3.8) is 0 Å². The normalized spacial score (nSPS) is 13.4. The topological polar surface area (TPSA) is 98.9 Å². The van der Waals surface area contributed by atoms with E-state index in [0.29, 0.717) is 36.0 Å². The van der Waals surface area contributed by atoms with Gasteiger partial charge in [-0.05, 0) is 30.2 Å². The van der Waals surface area contributed by atoms with E-state index < -0.39 is 0 Å². The van der Waals surface area contributed by atoms with Gasteiger partial charge in [-0.15, -0.1) is 0 Å². The van der Waals surface area contributed by atoms with E-state index in [1.165, 1.54) is 0 Å². The van der Waals surface area contributed by atoms with E-state index in [1.54, 1.807) is 24.3 Å². The molecule has 0 aliphatic carbocycles. The first kappa shape index (κ1) is 17.2. The summed E-state index contributed by atoms with van der Waals surface area (Å²) >= 11 is 0. The van der Waals surface area contributed by atoms with E-state index >= 15 is 0 Å². The number of nitrogens with zero attached hydrogens (tertiary/aromatic N) is 1. The van der Waals surface area contributed by atoms with Gasteiger partial charge < -0.3 is 16.0 Å². The molecule has 1 aromatic carbocycles. The Morgan fingerprint density at radius 2 is 1.84 bits per heavy atom. The molecule has 7 heteroatoms. The summed E-state index contributed by atoms with van der Waals surface area (Å²) in [5.74, 6) is 0.0630. The van der Waals surface area contributed by atoms with E-state index in [9.17, 15) is 9.59 Å². The molecule has 0 fully saturated rings. The average molecular weight is 341 g/mol. The highest BCUT2D eigenvalue weighted by atomic mass is 16.2. The predicted octanol–water partition coefficient (Wildman–Crippen LogP) is 2.29. The maximum absolute atomic E-state index is 12.4. The molecule has 3 rings (SSSR count). The molecule has 0 radical (unpaired) electrons. The van der Waals surface area contributed by atoms with Crippen molar-refractivity contribution in [2.75, 3.05) is 17.2 Å². The smallest absolute Gasteiger partial charge is 0.276 e. The highest BCUT2D eigenvalue weighted by Gasteiger charge is 2.21. The first-order valence-electron chi connectivity index (χ1n) is 8.51. The van der Waals surface area contributed by atoms with Crippen LogP contribution in [0.2, 0.25) is 0 Å². The number of H-pyrrole nitrogens is 1. The van der Waals surface area contributed by atoms with Gasteiger partial charge in [0.2, 0.25) is 5.91 Å². The maximum atomic E-state index is 12.4. The number of hydrogen-bond acceptors (Lipinski definition) is 4. The summed E-state index contributed by atoms with van der Waals surface area (Å²) in [6, 6.07) is 7.07. The highest BCUT2D eigenvalue weighted by molar-refractivity contribution is 6.04. The van der Waals surface area contributed by atoms with Crippen LogP contribution in [0.5, 0.6) is 0 Å². The van der Waals surface area contributed by atoms with Gasteiger partial charge in [-0.1, -0.05) is 13.8 Å². The van der Waals surface area contributed by atoms with Crippen LogP contribution in [0.3, 0.4) is 0 Å². The number of anilines is 2. The summed E-state index contributed by atoms with van der Waals surface area (Å²) in [6.07, 6.45) is 1.33. The number of fused-ring (bicyclic) bond motifs is 1. The summed E-state index contributed by atoms with van der Waals surface area (Å²) < 4.78 is 0. The molecule has 1 aromatic heterocycles. The fraction of sp³-hybridized carbons (Fsp3) is 0.389. The fourth-order valence-corrected chi connectivity index (χ4v) is 2.82. The zero-order chi connectivity index (χ0) is 17.8. The van der Waals surface area contributed by atoms with Gasteiger partial charge >= 0.3 is 0 Å². The van der Waals surface area contributed by atoms with E-state index in [0.717, 1.165) is 24.2 Å². The molecule has 0 saturated heterocycles. The van der Waals surface area contributed by atoms with Gasteiger partial charge in [0, 0.05) is 48.6 Å². The second-order valence-electron chi connectivity index (χ2n) is 6.63. The van der Waals surface area contributed by atoms with Crippen molar-refractivity contribution in [2.24, 2.45) is 5.92 Å². The van der Waals surface area contributed by atoms with E-state index in [4.69, 9.17) is 0 Å². The summed E-state index contributed by atoms with van der Waals surface area (Å²) in [7, 11) is 0. The average Bonchev–Trinajstić information content (AvgIpc) is 3.00. The molecule has 0 bridgehead atoms. The van der Waals surface area contributed by atoms with Crippen LogP contribution in [0, 0.1) is 5.92 Å². The number of aromatic amines is 1. The molecule has 0 unspecified atom stereocenters. The third kappa shape index (κ3) is 4.24. The molecule has 0 saturated carbocycles. The summed E-state index contributed by atoms with van der Waals surface area (Å²) in [4.78, 5) is 24.2. The minimum absolute atomic E-state index is 0.0116. The maximum Gasteiger partial charge on any atom is 0.276 e. The largest absolute Gasteiger partial charge is 0.326 e. The quantitative estimate of drug-likeness (QED) is 0.670. The molecule has 0 spiro atoms. The van der Waals surface area contributed by atoms with Crippen LogP contribution in [-0.4, -0.2) is 28.6 Å². The number of hydrogen-bond donors (Lipinski definition) is 4. The summed E-state index contributed by atoms with van der Waals surface area (Å²) in [6.45, 7) is 5.54. The van der Waals surface area contributed by atoms with Crippen molar-refractivity contribution in [1.82, 2.24) is 15.5 Å². The van der Waals surface area contributed by atoms with Gasteiger partial charge in [0.25, 0.3) is 5.91 Å². The SMILES string of the molecule is CC(C)CC(=O)Nc1ccc(NC(=O)c2n[nH]c3c2CNCC3)cc1. The molecule has 1 aliphatic heterocycles. The lowest BCUT2D eigenvalue weighted by molar-refractivity contribution is -0.116. The van der Waals surface area contributed by atoms with Crippen LogP contribution in [0.4, 0.5) is 11.4 Å². The first-order valence-corrected chi connectivity index (χ1v) is 8.51. The minimum Gasteiger partial charge on any atom is -0.326 e. The van der Waals surface area contributed by atoms with Gasteiger partial charge in [0.1, 0.15) is 0 Å². The van der Waals surface area contributed by atoms with Gasteiger partial charge in [0.05, 0.1) is 0 Å². The molecule has 25 heavy (non-hydrogen) atoms. The van der Waals surface area contributed by atoms with Gasteiger partial charge in [0.15, 0.2) is 5.69 Å². The van der Waals surface area contributed by atoms with E-state index in [1.807, 2.05) is 13.8 Å². The Hall–Kier alpha value is -2.67. The molecular formula is C18H23N5O2. The molecule has 2 aromatic rings. The van der Waals surface area contributed by atoms with Gasteiger partial charge in [-0.25, -0.2) is 0 Å². The monoisotopic (exact) mass is 341 g/mol. The Balaban J connectivity index is 1.62. The summed E-state index contributed by atoms with van der Waals surface area (Å²) in [5, 5.41) is 16.0. The number of amides is 2. The van der Waals surface area contributed by atoms with Crippen molar-refractivity contribution < 1.29 is 9.59 Å². The molecule has 2 amide bonds. The van der Waals surface area contributed by atoms with Gasteiger partial charge in [-0.3, -0.25) is 14.7 Å².